The standard InChI is InChI=1S/C26H27Cl2N3O5S/c1-18(26(33)29-2)30(16-19-8-7-9-20(27)14-19)25(32)17-31(21-12-13-24(36-3)23(28)15-21)37(34,35)22-10-5-4-6-11-22/h4-15,18H,16-17H2,1-3H3,(H,29,33). The van der Waals surface area contributed by atoms with Gasteiger partial charge in [0.1, 0.15) is 18.3 Å². The summed E-state index contributed by atoms with van der Waals surface area (Å²) in [5.41, 5.74) is 0.847. The molecular weight excluding hydrogens is 537 g/mol. The van der Waals surface area contributed by atoms with Gasteiger partial charge in [-0.15, -0.1) is 0 Å². The second kappa shape index (κ2) is 12.3. The first-order valence-electron chi connectivity index (χ1n) is 11.2. The Morgan fingerprint density at radius 3 is 2.30 bits per heavy atom. The third-order valence-electron chi connectivity index (χ3n) is 5.69. The topological polar surface area (TPSA) is 96.0 Å². The highest BCUT2D eigenvalue weighted by Crippen LogP contribution is 2.32. The van der Waals surface area contributed by atoms with E-state index in [0.29, 0.717) is 16.3 Å². The summed E-state index contributed by atoms with van der Waals surface area (Å²) >= 11 is 12.4. The number of hydrogen-bond donors (Lipinski definition) is 1. The van der Waals surface area contributed by atoms with Crippen LogP contribution < -0.4 is 14.4 Å². The number of benzene rings is 3. The summed E-state index contributed by atoms with van der Waals surface area (Å²) in [6, 6.07) is 18.2. The number of anilines is 1. The molecule has 0 fully saturated rings. The van der Waals surface area contributed by atoms with Crippen molar-refractivity contribution >= 4 is 50.7 Å². The molecule has 2 amide bonds. The lowest BCUT2D eigenvalue weighted by atomic mass is 10.1. The molecule has 0 saturated carbocycles. The van der Waals surface area contributed by atoms with Crippen LogP contribution in [0.25, 0.3) is 0 Å². The van der Waals surface area contributed by atoms with Crippen LogP contribution in [-0.4, -0.2) is 51.9 Å². The number of carbonyl (C=O) groups is 2. The number of rotatable bonds is 10. The first kappa shape index (κ1) is 28.3. The van der Waals surface area contributed by atoms with Crippen LogP contribution >= 0.6 is 23.2 Å². The van der Waals surface area contributed by atoms with Gasteiger partial charge >= 0.3 is 0 Å². The van der Waals surface area contributed by atoms with E-state index in [0.717, 1.165) is 4.31 Å². The molecular formula is C26H27Cl2N3O5S. The Bertz CT molecular complexity index is 1370. The van der Waals surface area contributed by atoms with Crippen molar-refractivity contribution in [1.29, 1.82) is 0 Å². The summed E-state index contributed by atoms with van der Waals surface area (Å²) in [6.45, 7) is 1.03. The lowest BCUT2D eigenvalue weighted by molar-refractivity contribution is -0.139. The van der Waals surface area contributed by atoms with Crippen LogP contribution in [0.3, 0.4) is 0 Å². The minimum atomic E-state index is -4.19. The second-order valence-electron chi connectivity index (χ2n) is 8.09. The monoisotopic (exact) mass is 563 g/mol. The lowest BCUT2D eigenvalue weighted by Crippen LogP contribution is -2.50. The largest absolute Gasteiger partial charge is 0.495 e. The predicted molar refractivity (Wildman–Crippen MR) is 145 cm³/mol. The van der Waals surface area contributed by atoms with E-state index in [1.165, 1.54) is 49.4 Å². The Morgan fingerprint density at radius 2 is 1.70 bits per heavy atom. The Balaban J connectivity index is 2.06. The minimum absolute atomic E-state index is 0.00418. The number of nitrogens with zero attached hydrogens (tertiary/aromatic N) is 2. The van der Waals surface area contributed by atoms with Gasteiger partial charge in [-0.2, -0.15) is 0 Å². The van der Waals surface area contributed by atoms with E-state index in [-0.39, 0.29) is 22.2 Å². The number of nitrogens with one attached hydrogen (secondary N) is 1. The van der Waals surface area contributed by atoms with Crippen molar-refractivity contribution in [3.05, 3.63) is 88.4 Å². The summed E-state index contributed by atoms with van der Waals surface area (Å²) in [6.07, 6.45) is 0. The lowest BCUT2D eigenvalue weighted by Gasteiger charge is -2.32. The average Bonchev–Trinajstić information content (AvgIpc) is 2.89. The van der Waals surface area contributed by atoms with Crippen molar-refractivity contribution < 1.29 is 22.7 Å². The summed E-state index contributed by atoms with van der Waals surface area (Å²) in [4.78, 5) is 27.5. The molecule has 0 aliphatic heterocycles. The molecule has 1 atom stereocenters. The molecule has 0 aliphatic carbocycles. The maximum absolute atomic E-state index is 13.7. The van der Waals surface area contributed by atoms with Gasteiger partial charge in [-0.25, -0.2) is 8.42 Å². The van der Waals surface area contributed by atoms with Gasteiger partial charge in [0.05, 0.1) is 22.7 Å². The van der Waals surface area contributed by atoms with Crippen LogP contribution in [0.5, 0.6) is 5.75 Å². The fourth-order valence-corrected chi connectivity index (χ4v) is 5.57. The molecule has 0 heterocycles. The molecule has 3 rings (SSSR count). The molecule has 1 unspecified atom stereocenters. The number of carbonyl (C=O) groups excluding carboxylic acids is 2. The highest BCUT2D eigenvalue weighted by molar-refractivity contribution is 7.92. The van der Waals surface area contributed by atoms with Gasteiger partial charge in [-0.05, 0) is 55.0 Å². The van der Waals surface area contributed by atoms with Gasteiger partial charge in [0.25, 0.3) is 10.0 Å². The van der Waals surface area contributed by atoms with Crippen molar-refractivity contribution in [3.8, 4) is 5.75 Å². The molecule has 0 spiro atoms. The molecule has 0 aliphatic rings. The normalized spacial score (nSPS) is 11.9. The van der Waals surface area contributed by atoms with Gasteiger partial charge < -0.3 is 15.0 Å². The van der Waals surface area contributed by atoms with Gasteiger partial charge in [0.2, 0.25) is 11.8 Å². The molecule has 3 aromatic rings. The van der Waals surface area contributed by atoms with Crippen molar-refractivity contribution in [1.82, 2.24) is 10.2 Å². The van der Waals surface area contributed by atoms with E-state index in [1.807, 2.05) is 0 Å². The number of halogens is 2. The highest BCUT2D eigenvalue weighted by Gasteiger charge is 2.32. The number of likely N-dealkylation sites (N-methyl/N-ethyl adjacent to an activating group) is 1. The van der Waals surface area contributed by atoms with Crippen molar-refractivity contribution in [3.63, 3.8) is 0 Å². The molecule has 8 nitrogen and oxygen atoms in total. The molecule has 0 radical (unpaired) electrons. The first-order valence-corrected chi connectivity index (χ1v) is 13.4. The van der Waals surface area contributed by atoms with Crippen LogP contribution in [-0.2, 0) is 26.2 Å². The summed E-state index contributed by atoms with van der Waals surface area (Å²) < 4.78 is 33.6. The number of amides is 2. The Labute approximate surface area is 226 Å². The van der Waals surface area contributed by atoms with Crippen LogP contribution in [0, 0.1) is 0 Å². The molecule has 0 saturated heterocycles. The Hall–Kier alpha value is -3.27. The molecule has 196 valence electrons. The maximum atomic E-state index is 13.7. The van der Waals surface area contributed by atoms with E-state index in [4.69, 9.17) is 27.9 Å². The SMILES string of the molecule is CNC(=O)C(C)N(Cc1cccc(Cl)c1)C(=O)CN(c1ccc(OC)c(Cl)c1)S(=O)(=O)c1ccccc1. The quantitative estimate of drug-likeness (QED) is 0.395. The number of hydrogen-bond acceptors (Lipinski definition) is 5. The highest BCUT2D eigenvalue weighted by atomic mass is 35.5. The van der Waals surface area contributed by atoms with Gasteiger partial charge in [-0.3, -0.25) is 13.9 Å². The molecule has 1 N–H and O–H groups in total. The fraction of sp³-hybridized carbons (Fsp3) is 0.231. The zero-order valence-electron chi connectivity index (χ0n) is 20.5. The first-order chi connectivity index (χ1) is 17.6. The van der Waals surface area contributed by atoms with E-state index in [2.05, 4.69) is 5.32 Å². The van der Waals surface area contributed by atoms with Crippen LogP contribution in [0.2, 0.25) is 10.0 Å². The molecule has 11 heteroatoms. The minimum Gasteiger partial charge on any atom is -0.495 e. The van der Waals surface area contributed by atoms with E-state index in [9.17, 15) is 18.0 Å². The average molecular weight is 564 g/mol. The van der Waals surface area contributed by atoms with E-state index in [1.54, 1.807) is 49.4 Å². The third-order valence-corrected chi connectivity index (χ3v) is 8.01. The number of sulfonamides is 1. The fourth-order valence-electron chi connectivity index (χ4n) is 3.68. The molecule has 3 aromatic carbocycles. The van der Waals surface area contributed by atoms with Gasteiger partial charge in [0, 0.05) is 18.6 Å². The zero-order chi connectivity index (χ0) is 27.2. The summed E-state index contributed by atoms with van der Waals surface area (Å²) in [5.74, 6) is -0.646. The molecule has 0 aromatic heterocycles. The Morgan fingerprint density at radius 1 is 1.00 bits per heavy atom. The van der Waals surface area contributed by atoms with Gasteiger partial charge in [-0.1, -0.05) is 53.5 Å². The van der Waals surface area contributed by atoms with E-state index >= 15 is 0 Å². The number of ether oxygens (including phenoxy) is 1. The Kier molecular flexibility index (Phi) is 9.42. The maximum Gasteiger partial charge on any atom is 0.264 e. The van der Waals surface area contributed by atoms with Crippen LogP contribution in [0.15, 0.2) is 77.7 Å². The third kappa shape index (κ3) is 6.74. The molecule has 0 bridgehead atoms. The molecule has 37 heavy (non-hydrogen) atoms. The van der Waals surface area contributed by atoms with Crippen LogP contribution in [0.4, 0.5) is 5.69 Å². The summed E-state index contributed by atoms with van der Waals surface area (Å²) in [5, 5.41) is 3.18. The van der Waals surface area contributed by atoms with Crippen LogP contribution in [0.1, 0.15) is 12.5 Å². The van der Waals surface area contributed by atoms with Crippen molar-refractivity contribution in [2.24, 2.45) is 0 Å². The smallest absolute Gasteiger partial charge is 0.264 e. The second-order valence-corrected chi connectivity index (χ2v) is 10.8. The summed E-state index contributed by atoms with van der Waals surface area (Å²) in [7, 11) is -1.28. The predicted octanol–water partition coefficient (Wildman–Crippen LogP) is 4.36. The zero-order valence-corrected chi connectivity index (χ0v) is 22.8. The van der Waals surface area contributed by atoms with Crippen molar-refractivity contribution in [2.75, 3.05) is 25.0 Å². The van der Waals surface area contributed by atoms with Crippen molar-refractivity contribution in [2.45, 2.75) is 24.4 Å². The van der Waals surface area contributed by atoms with Gasteiger partial charge in [0.15, 0.2) is 0 Å². The number of methoxy groups -OCH3 is 1. The van der Waals surface area contributed by atoms with E-state index < -0.39 is 34.4 Å².